The van der Waals surface area contributed by atoms with Crippen LogP contribution in [0.1, 0.15) is 22.7 Å². The second kappa shape index (κ2) is 5.49. The number of oxazole rings is 1. The molecule has 2 heterocycles. The van der Waals surface area contributed by atoms with Crippen molar-refractivity contribution in [1.29, 1.82) is 0 Å². The standard InChI is InChI=1S/C16H11F3N2O2/c1-9-2-4-10(5-3-9)11-6-13-14(20-8-11)21-15(23-13)12(22)7-16(17,18)19/h2-6,8H,7H2,1H3. The average Bonchev–Trinajstić information content (AvgIpc) is 2.89. The fourth-order valence-electron chi connectivity index (χ4n) is 2.10. The number of nitrogens with zero attached hydrogens (tertiary/aromatic N) is 2. The number of ketones is 1. The van der Waals surface area contributed by atoms with E-state index >= 15 is 0 Å². The summed E-state index contributed by atoms with van der Waals surface area (Å²) in [5.74, 6) is -1.79. The van der Waals surface area contributed by atoms with Crippen LogP contribution in [0.2, 0.25) is 0 Å². The average molecular weight is 320 g/mol. The summed E-state index contributed by atoms with van der Waals surface area (Å²) in [6.45, 7) is 1.96. The summed E-state index contributed by atoms with van der Waals surface area (Å²) in [7, 11) is 0. The van der Waals surface area contributed by atoms with E-state index in [0.717, 1.165) is 16.7 Å². The first kappa shape index (κ1) is 15.2. The van der Waals surface area contributed by atoms with Crippen molar-refractivity contribution < 1.29 is 22.4 Å². The van der Waals surface area contributed by atoms with Crippen LogP contribution in [0, 0.1) is 6.92 Å². The van der Waals surface area contributed by atoms with Crippen LogP contribution in [0.5, 0.6) is 0 Å². The van der Waals surface area contributed by atoms with Gasteiger partial charge in [-0.15, -0.1) is 0 Å². The summed E-state index contributed by atoms with van der Waals surface area (Å²) < 4.78 is 41.9. The number of pyridine rings is 1. The van der Waals surface area contributed by atoms with Gasteiger partial charge in [0, 0.05) is 11.8 Å². The van der Waals surface area contributed by atoms with Gasteiger partial charge in [-0.3, -0.25) is 4.79 Å². The van der Waals surface area contributed by atoms with E-state index in [1.807, 2.05) is 31.2 Å². The van der Waals surface area contributed by atoms with Crippen LogP contribution in [-0.2, 0) is 0 Å². The van der Waals surface area contributed by atoms with Crippen molar-refractivity contribution in [3.8, 4) is 11.1 Å². The van der Waals surface area contributed by atoms with Crippen molar-refractivity contribution in [1.82, 2.24) is 9.97 Å². The lowest BCUT2D eigenvalue weighted by Crippen LogP contribution is -2.15. The van der Waals surface area contributed by atoms with E-state index in [0.29, 0.717) is 0 Å². The number of hydrogen-bond acceptors (Lipinski definition) is 4. The van der Waals surface area contributed by atoms with E-state index < -0.39 is 24.3 Å². The number of halogens is 3. The smallest absolute Gasteiger partial charge is 0.396 e. The number of benzene rings is 1. The molecule has 1 aromatic carbocycles. The molecular weight excluding hydrogens is 309 g/mol. The number of aromatic nitrogens is 2. The third kappa shape index (κ3) is 3.39. The van der Waals surface area contributed by atoms with E-state index in [1.54, 1.807) is 6.07 Å². The van der Waals surface area contributed by atoms with E-state index in [-0.39, 0.29) is 11.2 Å². The first-order valence-electron chi connectivity index (χ1n) is 6.75. The molecule has 0 N–H and O–H groups in total. The van der Waals surface area contributed by atoms with Crippen LogP contribution < -0.4 is 0 Å². The largest absolute Gasteiger partial charge is 0.432 e. The predicted octanol–water partition coefficient (Wildman–Crippen LogP) is 4.33. The molecule has 23 heavy (non-hydrogen) atoms. The number of carbonyl (C=O) groups excluding carboxylic acids is 1. The molecule has 3 aromatic rings. The van der Waals surface area contributed by atoms with Crippen LogP contribution in [0.25, 0.3) is 22.4 Å². The predicted molar refractivity (Wildman–Crippen MR) is 77.0 cm³/mol. The first-order chi connectivity index (χ1) is 10.8. The molecule has 0 bridgehead atoms. The Hall–Kier alpha value is -2.70. The number of Topliss-reactive ketones (excluding diaryl/α,β-unsaturated/α-hetero) is 1. The Morgan fingerprint density at radius 3 is 2.52 bits per heavy atom. The van der Waals surface area contributed by atoms with Gasteiger partial charge in [-0.05, 0) is 18.6 Å². The molecule has 0 amide bonds. The lowest BCUT2D eigenvalue weighted by molar-refractivity contribution is -0.125. The van der Waals surface area contributed by atoms with Gasteiger partial charge in [-0.1, -0.05) is 29.8 Å². The number of hydrogen-bond donors (Lipinski definition) is 0. The molecule has 3 rings (SSSR count). The van der Waals surface area contributed by atoms with Crippen molar-refractivity contribution in [3.63, 3.8) is 0 Å². The van der Waals surface area contributed by atoms with Gasteiger partial charge in [0.05, 0.1) is 0 Å². The van der Waals surface area contributed by atoms with Crippen LogP contribution in [0.15, 0.2) is 40.9 Å². The zero-order valence-electron chi connectivity index (χ0n) is 12.0. The molecule has 0 radical (unpaired) electrons. The molecule has 0 unspecified atom stereocenters. The topological polar surface area (TPSA) is 56.0 Å². The van der Waals surface area contributed by atoms with Gasteiger partial charge in [0.2, 0.25) is 5.78 Å². The molecule has 0 saturated carbocycles. The molecule has 0 spiro atoms. The van der Waals surface area contributed by atoms with Gasteiger partial charge in [-0.2, -0.15) is 18.2 Å². The molecule has 0 fully saturated rings. The van der Waals surface area contributed by atoms with E-state index in [2.05, 4.69) is 9.97 Å². The third-order valence-corrected chi connectivity index (χ3v) is 3.23. The van der Waals surface area contributed by atoms with Crippen molar-refractivity contribution in [2.75, 3.05) is 0 Å². The zero-order chi connectivity index (χ0) is 16.6. The Labute approximate surface area is 129 Å². The van der Waals surface area contributed by atoms with Crippen molar-refractivity contribution in [2.45, 2.75) is 19.5 Å². The Bertz CT molecular complexity index is 867. The van der Waals surface area contributed by atoms with Crippen LogP contribution >= 0.6 is 0 Å². The fraction of sp³-hybridized carbons (Fsp3) is 0.188. The summed E-state index contributed by atoms with van der Waals surface area (Å²) in [5.41, 5.74) is 2.98. The molecule has 0 aliphatic heterocycles. The molecule has 0 aliphatic carbocycles. The van der Waals surface area contributed by atoms with E-state index in [1.165, 1.54) is 6.20 Å². The van der Waals surface area contributed by atoms with Gasteiger partial charge in [0.25, 0.3) is 5.89 Å². The Morgan fingerprint density at radius 2 is 1.87 bits per heavy atom. The van der Waals surface area contributed by atoms with Gasteiger partial charge >= 0.3 is 6.18 Å². The summed E-state index contributed by atoms with van der Waals surface area (Å²) >= 11 is 0. The Morgan fingerprint density at radius 1 is 1.17 bits per heavy atom. The minimum atomic E-state index is -4.60. The molecule has 4 nitrogen and oxygen atoms in total. The molecule has 0 atom stereocenters. The summed E-state index contributed by atoms with van der Waals surface area (Å²) in [6.07, 6.45) is -4.67. The maximum atomic E-state index is 12.3. The minimum absolute atomic E-state index is 0.103. The van der Waals surface area contributed by atoms with E-state index in [9.17, 15) is 18.0 Å². The molecule has 7 heteroatoms. The number of alkyl halides is 3. The Balaban J connectivity index is 1.95. The van der Waals surface area contributed by atoms with Gasteiger partial charge in [-0.25, -0.2) is 4.98 Å². The molecule has 0 saturated heterocycles. The number of aryl methyl sites for hydroxylation is 1. The summed E-state index contributed by atoms with van der Waals surface area (Å²) in [6, 6.07) is 9.25. The van der Waals surface area contributed by atoms with Crippen molar-refractivity contribution in [2.24, 2.45) is 0 Å². The highest BCUT2D eigenvalue weighted by Gasteiger charge is 2.33. The second-order valence-electron chi connectivity index (χ2n) is 5.15. The lowest BCUT2D eigenvalue weighted by Gasteiger charge is -2.01. The maximum Gasteiger partial charge on any atom is 0.396 e. The quantitative estimate of drug-likeness (QED) is 0.674. The SMILES string of the molecule is Cc1ccc(-c2cnc3nc(C(=O)CC(F)(F)F)oc3c2)cc1. The highest BCUT2D eigenvalue weighted by Crippen LogP contribution is 2.26. The van der Waals surface area contributed by atoms with Crippen molar-refractivity contribution >= 4 is 17.0 Å². The zero-order valence-corrected chi connectivity index (χ0v) is 12.0. The molecule has 2 aromatic heterocycles. The molecular formula is C16H11F3N2O2. The maximum absolute atomic E-state index is 12.3. The summed E-state index contributed by atoms with van der Waals surface area (Å²) in [4.78, 5) is 19.3. The van der Waals surface area contributed by atoms with Crippen LogP contribution in [-0.4, -0.2) is 21.9 Å². The number of carbonyl (C=O) groups is 1. The van der Waals surface area contributed by atoms with Crippen LogP contribution in [0.4, 0.5) is 13.2 Å². The van der Waals surface area contributed by atoms with E-state index in [4.69, 9.17) is 4.42 Å². The van der Waals surface area contributed by atoms with Crippen molar-refractivity contribution in [3.05, 3.63) is 48.0 Å². The lowest BCUT2D eigenvalue weighted by atomic mass is 10.1. The Kier molecular flexibility index (Phi) is 3.63. The normalized spacial score (nSPS) is 11.8. The fourth-order valence-corrected chi connectivity index (χ4v) is 2.10. The summed E-state index contributed by atoms with van der Waals surface area (Å²) in [5, 5.41) is 0. The minimum Gasteiger partial charge on any atom is -0.432 e. The monoisotopic (exact) mass is 320 g/mol. The third-order valence-electron chi connectivity index (χ3n) is 3.23. The highest BCUT2D eigenvalue weighted by atomic mass is 19.4. The van der Waals surface area contributed by atoms with Gasteiger partial charge < -0.3 is 4.42 Å². The number of fused-ring (bicyclic) bond motifs is 1. The van der Waals surface area contributed by atoms with Crippen LogP contribution in [0.3, 0.4) is 0 Å². The number of rotatable bonds is 3. The van der Waals surface area contributed by atoms with Gasteiger partial charge in [0.1, 0.15) is 6.42 Å². The van der Waals surface area contributed by atoms with Gasteiger partial charge in [0.15, 0.2) is 11.2 Å². The molecule has 0 aliphatic rings. The second-order valence-corrected chi connectivity index (χ2v) is 5.15. The highest BCUT2D eigenvalue weighted by molar-refractivity contribution is 5.94. The first-order valence-corrected chi connectivity index (χ1v) is 6.75. The molecule has 118 valence electrons.